The van der Waals surface area contributed by atoms with E-state index in [1.54, 1.807) is 7.11 Å². The van der Waals surface area contributed by atoms with E-state index in [-0.39, 0.29) is 36.2 Å². The molecular formula is C21H27FN3O4+. The maximum Gasteiger partial charge on any atom is 0.291 e. The number of benzene rings is 1. The van der Waals surface area contributed by atoms with Gasteiger partial charge in [0, 0.05) is 32.2 Å². The Labute approximate surface area is 169 Å². The first-order valence-corrected chi connectivity index (χ1v) is 10.1. The van der Waals surface area contributed by atoms with E-state index in [1.807, 2.05) is 19.2 Å². The van der Waals surface area contributed by atoms with Gasteiger partial charge in [0.15, 0.2) is 0 Å². The third-order valence-electron chi connectivity index (χ3n) is 6.40. The molecule has 1 spiro atoms. The largest absolute Gasteiger partial charge is 0.385 e. The lowest BCUT2D eigenvalue weighted by Gasteiger charge is -2.26. The van der Waals surface area contributed by atoms with E-state index < -0.39 is 23.2 Å². The van der Waals surface area contributed by atoms with Crippen LogP contribution >= 0.6 is 0 Å². The number of methoxy groups -OCH3 is 1. The second-order valence-electron chi connectivity index (χ2n) is 8.65. The van der Waals surface area contributed by atoms with Gasteiger partial charge in [0.25, 0.3) is 5.91 Å². The van der Waals surface area contributed by atoms with Crippen LogP contribution in [0.5, 0.6) is 0 Å². The third-order valence-corrected chi connectivity index (χ3v) is 6.40. The molecule has 156 valence electrons. The van der Waals surface area contributed by atoms with Gasteiger partial charge in [-0.05, 0) is 30.5 Å². The van der Waals surface area contributed by atoms with Gasteiger partial charge in [0.2, 0.25) is 17.4 Å². The Morgan fingerprint density at radius 2 is 2.03 bits per heavy atom. The fourth-order valence-electron chi connectivity index (χ4n) is 5.34. The average Bonchev–Trinajstić information content (AvgIpc) is 3.22. The van der Waals surface area contributed by atoms with Crippen molar-refractivity contribution in [3.05, 3.63) is 29.6 Å². The van der Waals surface area contributed by atoms with Gasteiger partial charge in [-0.25, -0.2) is 4.39 Å². The zero-order chi connectivity index (χ0) is 20.9. The van der Waals surface area contributed by atoms with Gasteiger partial charge in [0.1, 0.15) is 23.7 Å². The summed E-state index contributed by atoms with van der Waals surface area (Å²) < 4.78 is 19.2. The average molecular weight is 404 g/mol. The number of nitrogens with two attached hydrogens (primary N) is 1. The van der Waals surface area contributed by atoms with E-state index in [2.05, 4.69) is 5.32 Å². The molecule has 0 radical (unpaired) electrons. The Kier molecular flexibility index (Phi) is 4.94. The van der Waals surface area contributed by atoms with Gasteiger partial charge >= 0.3 is 0 Å². The van der Waals surface area contributed by atoms with E-state index in [1.165, 1.54) is 23.1 Å². The van der Waals surface area contributed by atoms with E-state index in [0.29, 0.717) is 30.7 Å². The highest BCUT2D eigenvalue weighted by Crippen LogP contribution is 2.49. The van der Waals surface area contributed by atoms with Crippen LogP contribution in [0.25, 0.3) is 0 Å². The third kappa shape index (κ3) is 2.88. The maximum absolute atomic E-state index is 14.1. The number of ether oxygens (including phenoxy) is 1. The van der Waals surface area contributed by atoms with Gasteiger partial charge in [0.05, 0.1) is 5.69 Å². The van der Waals surface area contributed by atoms with Crippen molar-refractivity contribution >= 4 is 23.4 Å². The molecule has 3 heterocycles. The lowest BCUT2D eigenvalue weighted by Crippen LogP contribution is -2.99. The number of anilines is 1. The second-order valence-corrected chi connectivity index (χ2v) is 8.65. The lowest BCUT2D eigenvalue weighted by atomic mass is 9.76. The smallest absolute Gasteiger partial charge is 0.291 e. The number of amides is 3. The summed E-state index contributed by atoms with van der Waals surface area (Å²) in [5.74, 6) is -2.52. The number of hydrogen-bond donors (Lipinski definition) is 2. The lowest BCUT2D eigenvalue weighted by molar-refractivity contribution is -0.734. The Balaban J connectivity index is 1.79. The molecule has 3 N–H and O–H groups in total. The summed E-state index contributed by atoms with van der Waals surface area (Å²) in [5, 5.41) is 4.66. The van der Waals surface area contributed by atoms with Crippen LogP contribution in [0.15, 0.2) is 18.2 Å². The van der Waals surface area contributed by atoms with E-state index in [0.717, 1.165) is 0 Å². The summed E-state index contributed by atoms with van der Waals surface area (Å²) in [6.45, 7) is 4.80. The number of imide groups is 1. The highest BCUT2D eigenvalue weighted by atomic mass is 19.1. The Hall–Kier alpha value is -2.32. The number of quaternary nitrogens is 1. The van der Waals surface area contributed by atoms with E-state index >= 15 is 0 Å². The van der Waals surface area contributed by atoms with Crippen LogP contribution in [0, 0.1) is 23.6 Å². The van der Waals surface area contributed by atoms with E-state index in [4.69, 9.17) is 4.74 Å². The quantitative estimate of drug-likeness (QED) is 0.537. The molecule has 0 aromatic heterocycles. The van der Waals surface area contributed by atoms with Gasteiger partial charge in [-0.3, -0.25) is 19.3 Å². The minimum atomic E-state index is -1.30. The summed E-state index contributed by atoms with van der Waals surface area (Å²) >= 11 is 0. The van der Waals surface area contributed by atoms with Crippen LogP contribution in [0.2, 0.25) is 0 Å². The highest BCUT2D eigenvalue weighted by molar-refractivity contribution is 6.13. The molecule has 0 aliphatic carbocycles. The fraction of sp³-hybridized carbons (Fsp3) is 0.571. The molecule has 4 rings (SSSR count). The van der Waals surface area contributed by atoms with Crippen molar-refractivity contribution in [2.75, 3.05) is 25.6 Å². The topological polar surface area (TPSA) is 92.3 Å². The molecule has 0 unspecified atom stereocenters. The van der Waals surface area contributed by atoms with E-state index in [9.17, 15) is 18.8 Å². The predicted molar refractivity (Wildman–Crippen MR) is 102 cm³/mol. The van der Waals surface area contributed by atoms with Crippen molar-refractivity contribution in [2.24, 2.45) is 17.8 Å². The van der Waals surface area contributed by atoms with Crippen LogP contribution in [0.1, 0.15) is 32.3 Å². The van der Waals surface area contributed by atoms with Crippen LogP contribution in [-0.4, -0.2) is 48.9 Å². The summed E-state index contributed by atoms with van der Waals surface area (Å²) in [6.07, 6.45) is 1.22. The van der Waals surface area contributed by atoms with Crippen molar-refractivity contribution in [2.45, 2.75) is 38.3 Å². The van der Waals surface area contributed by atoms with Crippen molar-refractivity contribution in [3.8, 4) is 0 Å². The molecule has 0 bridgehead atoms. The Bertz CT molecular complexity index is 873. The van der Waals surface area contributed by atoms with Crippen LogP contribution in [0.4, 0.5) is 10.1 Å². The molecule has 1 aromatic carbocycles. The molecule has 8 heteroatoms. The second kappa shape index (κ2) is 7.18. The van der Waals surface area contributed by atoms with Crippen molar-refractivity contribution < 1.29 is 28.8 Å². The van der Waals surface area contributed by atoms with Crippen LogP contribution in [0.3, 0.4) is 0 Å². The Morgan fingerprint density at radius 3 is 2.72 bits per heavy atom. The molecule has 2 saturated heterocycles. The number of rotatable bonds is 6. The summed E-state index contributed by atoms with van der Waals surface area (Å²) in [5.41, 5.74) is -0.331. The molecule has 1 aromatic rings. The van der Waals surface area contributed by atoms with Crippen LogP contribution in [-0.2, 0) is 24.7 Å². The number of nitrogens with zero attached hydrogens (tertiary/aromatic N) is 1. The van der Waals surface area contributed by atoms with Gasteiger partial charge in [-0.1, -0.05) is 13.8 Å². The number of hydrogen-bond acceptors (Lipinski definition) is 4. The summed E-state index contributed by atoms with van der Waals surface area (Å²) in [4.78, 5) is 41.1. The molecule has 3 aliphatic heterocycles. The molecule has 29 heavy (non-hydrogen) atoms. The molecule has 0 saturated carbocycles. The number of likely N-dealkylation sites (tertiary alicyclic amines) is 1. The molecular weight excluding hydrogens is 377 g/mol. The Morgan fingerprint density at radius 1 is 1.28 bits per heavy atom. The molecule has 3 amide bonds. The molecule has 2 fully saturated rings. The zero-order valence-corrected chi connectivity index (χ0v) is 16.9. The van der Waals surface area contributed by atoms with Crippen molar-refractivity contribution in [1.82, 2.24) is 4.90 Å². The van der Waals surface area contributed by atoms with Gasteiger partial charge in [-0.15, -0.1) is 0 Å². The number of nitrogens with one attached hydrogen (secondary N) is 1. The predicted octanol–water partition coefficient (Wildman–Crippen LogP) is 0.603. The molecule has 7 nitrogen and oxygen atoms in total. The first-order valence-electron chi connectivity index (χ1n) is 10.1. The fourth-order valence-corrected chi connectivity index (χ4v) is 5.34. The molecule has 3 aliphatic rings. The minimum absolute atomic E-state index is 0.219. The number of halogens is 1. The first kappa shape index (κ1) is 20.0. The minimum Gasteiger partial charge on any atom is -0.385 e. The van der Waals surface area contributed by atoms with Gasteiger partial charge in [-0.2, -0.15) is 0 Å². The summed E-state index contributed by atoms with van der Waals surface area (Å²) in [7, 11) is 1.57. The number of fused-ring (bicyclic) bond motifs is 4. The maximum atomic E-state index is 14.1. The molecule has 4 atom stereocenters. The highest BCUT2D eigenvalue weighted by Gasteiger charge is 2.74. The van der Waals surface area contributed by atoms with Crippen LogP contribution < -0.4 is 10.6 Å². The number of carbonyl (C=O) groups is 3. The van der Waals surface area contributed by atoms with Gasteiger partial charge < -0.3 is 15.4 Å². The standard InChI is InChI=1S/C21H26FN3O4/c1-11(2)9-15-16-17(19(27)25(18(16)26)7-4-8-29-3)21(24-15)13-10-12(22)5-6-14(13)23-20(21)28/h5-6,10-11,15-17,24H,4,7-9H2,1-3H3,(H,23,28)/p+1/t15-,16-,17+,21-/m1/s1. The SMILES string of the molecule is COCCCN1C(=O)[C@H]2[C@@H](C1=O)[C@@]1([NH2+][C@@H]2CC(C)C)C(=O)Nc2ccc(F)cc21. The normalized spacial score (nSPS) is 30.4. The number of carbonyl (C=O) groups excluding carboxylic acids is 3. The first-order chi connectivity index (χ1) is 13.8. The van der Waals surface area contributed by atoms with Crippen molar-refractivity contribution in [3.63, 3.8) is 0 Å². The zero-order valence-electron chi connectivity index (χ0n) is 16.9. The van der Waals surface area contributed by atoms with Crippen molar-refractivity contribution in [1.29, 1.82) is 0 Å². The summed E-state index contributed by atoms with van der Waals surface area (Å²) in [6, 6.07) is 3.91. The monoisotopic (exact) mass is 404 g/mol.